The molecule has 1 aromatic rings. The summed E-state index contributed by atoms with van der Waals surface area (Å²) in [6, 6.07) is 2.00. The minimum Gasteiger partial charge on any atom is -0.399 e. The normalized spacial score (nSPS) is 21.2. The zero-order chi connectivity index (χ0) is 15.3. The highest BCUT2D eigenvalue weighted by Gasteiger charge is 2.52. The van der Waals surface area contributed by atoms with Gasteiger partial charge in [0.05, 0.1) is 11.2 Å². The first-order chi connectivity index (χ1) is 8.94. The molecule has 2 rings (SSSR count). The lowest BCUT2D eigenvalue weighted by Gasteiger charge is -2.32. The van der Waals surface area contributed by atoms with E-state index in [1.165, 1.54) is 0 Å². The molecule has 0 amide bonds. The summed E-state index contributed by atoms with van der Waals surface area (Å²) in [6.45, 7) is 14.5. The van der Waals surface area contributed by atoms with Crippen LogP contribution in [0.25, 0.3) is 0 Å². The third-order valence-corrected chi connectivity index (χ3v) is 4.24. The highest BCUT2D eigenvalue weighted by molar-refractivity contribution is 6.63. The predicted octanol–water partition coefficient (Wildman–Crippen LogP) is 2.26. The summed E-state index contributed by atoms with van der Waals surface area (Å²) in [5.74, 6) is 0. The maximum absolute atomic E-state index is 6.07. The Morgan fingerprint density at radius 3 is 2.05 bits per heavy atom. The SMILES string of the molecule is CC(C)(C)c1cc(B2OC(C)(C)C(C)(C)O2)c(N)cn1. The van der Waals surface area contributed by atoms with E-state index in [1.54, 1.807) is 6.20 Å². The number of rotatable bonds is 1. The molecule has 1 saturated heterocycles. The molecule has 0 saturated carbocycles. The van der Waals surface area contributed by atoms with Crippen molar-refractivity contribution in [1.82, 2.24) is 4.98 Å². The van der Waals surface area contributed by atoms with Gasteiger partial charge in [-0.15, -0.1) is 0 Å². The first-order valence-electron chi connectivity index (χ1n) is 7.05. The van der Waals surface area contributed by atoms with Crippen LogP contribution in [-0.4, -0.2) is 23.3 Å². The van der Waals surface area contributed by atoms with E-state index in [-0.39, 0.29) is 16.6 Å². The van der Waals surface area contributed by atoms with E-state index in [4.69, 9.17) is 15.0 Å². The summed E-state index contributed by atoms with van der Waals surface area (Å²) >= 11 is 0. The van der Waals surface area contributed by atoms with Crippen molar-refractivity contribution in [3.63, 3.8) is 0 Å². The fraction of sp³-hybridized carbons (Fsp3) is 0.667. The molecule has 2 N–H and O–H groups in total. The molecule has 0 radical (unpaired) electrons. The van der Waals surface area contributed by atoms with Crippen LogP contribution in [0.2, 0.25) is 0 Å². The molecule has 0 aromatic carbocycles. The smallest absolute Gasteiger partial charge is 0.399 e. The largest absolute Gasteiger partial charge is 0.497 e. The minimum atomic E-state index is -0.441. The monoisotopic (exact) mass is 276 g/mol. The number of anilines is 1. The van der Waals surface area contributed by atoms with E-state index >= 15 is 0 Å². The third kappa shape index (κ3) is 2.57. The average Bonchev–Trinajstić information content (AvgIpc) is 2.46. The standard InChI is InChI=1S/C15H25BN2O2/c1-13(2,3)12-8-10(11(17)9-18-12)16-19-14(4,5)15(6,7)20-16/h8-9H,17H2,1-7H3. The molecule has 1 aliphatic rings. The highest BCUT2D eigenvalue weighted by Crippen LogP contribution is 2.37. The van der Waals surface area contributed by atoms with Crippen LogP contribution in [0.3, 0.4) is 0 Å². The molecule has 0 atom stereocenters. The van der Waals surface area contributed by atoms with Crippen molar-refractivity contribution in [3.8, 4) is 0 Å². The van der Waals surface area contributed by atoms with Gasteiger partial charge in [-0.05, 0) is 33.8 Å². The summed E-state index contributed by atoms with van der Waals surface area (Å²) in [7, 11) is -0.441. The number of nitrogen functional groups attached to an aromatic ring is 1. The van der Waals surface area contributed by atoms with Crippen LogP contribution in [0, 0.1) is 0 Å². The fourth-order valence-electron chi connectivity index (χ4n) is 2.07. The number of pyridine rings is 1. The number of nitrogens with two attached hydrogens (primary N) is 1. The number of nitrogens with zero attached hydrogens (tertiary/aromatic N) is 1. The van der Waals surface area contributed by atoms with Gasteiger partial charge in [-0.25, -0.2) is 0 Å². The minimum absolute atomic E-state index is 0.0356. The summed E-state index contributed by atoms with van der Waals surface area (Å²) in [5, 5.41) is 0. The maximum atomic E-state index is 6.07. The summed E-state index contributed by atoms with van der Waals surface area (Å²) in [5.41, 5.74) is 7.76. The second-order valence-corrected chi connectivity index (χ2v) is 7.54. The van der Waals surface area contributed by atoms with Crippen LogP contribution in [-0.2, 0) is 14.7 Å². The van der Waals surface area contributed by atoms with Crippen molar-refractivity contribution in [2.24, 2.45) is 0 Å². The second kappa shape index (κ2) is 4.47. The van der Waals surface area contributed by atoms with Crippen molar-refractivity contribution in [2.45, 2.75) is 65.1 Å². The zero-order valence-electron chi connectivity index (χ0n) is 13.6. The number of aromatic nitrogens is 1. The van der Waals surface area contributed by atoms with Crippen molar-refractivity contribution in [2.75, 3.05) is 5.73 Å². The van der Waals surface area contributed by atoms with Gasteiger partial charge in [0.15, 0.2) is 0 Å². The van der Waals surface area contributed by atoms with Crippen LogP contribution in [0.1, 0.15) is 54.2 Å². The van der Waals surface area contributed by atoms with Gasteiger partial charge in [0.1, 0.15) is 0 Å². The Morgan fingerprint density at radius 1 is 1.10 bits per heavy atom. The molecule has 110 valence electrons. The Labute approximate surface area is 122 Å². The van der Waals surface area contributed by atoms with Gasteiger partial charge in [0, 0.05) is 28.5 Å². The van der Waals surface area contributed by atoms with Crippen molar-refractivity contribution >= 4 is 18.3 Å². The van der Waals surface area contributed by atoms with Crippen LogP contribution >= 0.6 is 0 Å². The van der Waals surface area contributed by atoms with E-state index in [0.717, 1.165) is 11.2 Å². The second-order valence-electron chi connectivity index (χ2n) is 7.54. The maximum Gasteiger partial charge on any atom is 0.497 e. The molecule has 0 spiro atoms. The van der Waals surface area contributed by atoms with Gasteiger partial charge in [0.25, 0.3) is 0 Å². The topological polar surface area (TPSA) is 57.4 Å². The molecule has 0 bridgehead atoms. The molecule has 1 aromatic heterocycles. The Hall–Kier alpha value is -1.07. The van der Waals surface area contributed by atoms with E-state index in [0.29, 0.717) is 5.69 Å². The Morgan fingerprint density at radius 2 is 1.60 bits per heavy atom. The molecule has 5 heteroatoms. The van der Waals surface area contributed by atoms with Crippen LogP contribution < -0.4 is 11.2 Å². The van der Waals surface area contributed by atoms with Crippen LogP contribution in [0.4, 0.5) is 5.69 Å². The molecular formula is C15H25BN2O2. The first-order valence-corrected chi connectivity index (χ1v) is 7.05. The summed E-state index contributed by atoms with van der Waals surface area (Å²) in [4.78, 5) is 4.42. The quantitative estimate of drug-likeness (QED) is 0.799. The number of hydrogen-bond acceptors (Lipinski definition) is 4. The predicted molar refractivity (Wildman–Crippen MR) is 83.1 cm³/mol. The molecule has 0 aliphatic carbocycles. The summed E-state index contributed by atoms with van der Waals surface area (Å²) in [6.07, 6.45) is 1.70. The average molecular weight is 276 g/mol. The van der Waals surface area contributed by atoms with Gasteiger partial charge in [-0.3, -0.25) is 4.98 Å². The molecule has 1 fully saturated rings. The third-order valence-electron chi connectivity index (χ3n) is 4.24. The Balaban J connectivity index is 2.40. The van der Waals surface area contributed by atoms with Gasteiger partial charge >= 0.3 is 7.12 Å². The molecule has 0 unspecified atom stereocenters. The van der Waals surface area contributed by atoms with Crippen LogP contribution in [0.5, 0.6) is 0 Å². The van der Waals surface area contributed by atoms with E-state index < -0.39 is 7.12 Å². The van der Waals surface area contributed by atoms with E-state index in [1.807, 2.05) is 33.8 Å². The molecule has 4 nitrogen and oxygen atoms in total. The van der Waals surface area contributed by atoms with Crippen molar-refractivity contribution in [1.29, 1.82) is 0 Å². The van der Waals surface area contributed by atoms with Gasteiger partial charge in [-0.1, -0.05) is 20.8 Å². The van der Waals surface area contributed by atoms with E-state index in [9.17, 15) is 0 Å². The van der Waals surface area contributed by atoms with Crippen molar-refractivity contribution in [3.05, 3.63) is 18.0 Å². The Bertz CT molecular complexity index is 505. The van der Waals surface area contributed by atoms with Gasteiger partial charge in [-0.2, -0.15) is 0 Å². The zero-order valence-corrected chi connectivity index (χ0v) is 13.6. The molecule has 20 heavy (non-hydrogen) atoms. The summed E-state index contributed by atoms with van der Waals surface area (Å²) < 4.78 is 12.1. The lowest BCUT2D eigenvalue weighted by atomic mass is 9.76. The fourth-order valence-corrected chi connectivity index (χ4v) is 2.07. The first kappa shape index (κ1) is 15.3. The van der Waals surface area contributed by atoms with Gasteiger partial charge in [0.2, 0.25) is 0 Å². The van der Waals surface area contributed by atoms with Crippen LogP contribution in [0.15, 0.2) is 12.3 Å². The highest BCUT2D eigenvalue weighted by atomic mass is 16.7. The van der Waals surface area contributed by atoms with Crippen molar-refractivity contribution < 1.29 is 9.31 Å². The Kier molecular flexibility index (Phi) is 3.42. The molecule has 2 heterocycles. The van der Waals surface area contributed by atoms with E-state index in [2.05, 4.69) is 25.8 Å². The van der Waals surface area contributed by atoms with Gasteiger partial charge < -0.3 is 15.0 Å². The lowest BCUT2D eigenvalue weighted by molar-refractivity contribution is 0.00578. The molecule has 1 aliphatic heterocycles. The number of hydrogen-bond donors (Lipinski definition) is 1. The lowest BCUT2D eigenvalue weighted by Crippen LogP contribution is -2.41. The molecular weight excluding hydrogens is 251 g/mol.